The number of hydrogen-bond acceptors (Lipinski definition) is 3. The van der Waals surface area contributed by atoms with E-state index in [0.717, 1.165) is 16.0 Å². The summed E-state index contributed by atoms with van der Waals surface area (Å²) in [4.78, 5) is 1.15. The highest BCUT2D eigenvalue weighted by Crippen LogP contribution is 2.23. The average molecular weight is 274 g/mol. The first-order valence-corrected chi connectivity index (χ1v) is 7.28. The van der Waals surface area contributed by atoms with E-state index < -0.39 is 6.10 Å². The zero-order valence-corrected chi connectivity index (χ0v) is 11.7. The van der Waals surface area contributed by atoms with Crippen LogP contribution in [-0.4, -0.2) is 22.1 Å². The third kappa shape index (κ3) is 4.30. The molecule has 2 rings (SSSR count). The Morgan fingerprint density at radius 1 is 1.11 bits per heavy atom. The van der Waals surface area contributed by atoms with Crippen molar-refractivity contribution in [2.24, 2.45) is 0 Å². The lowest BCUT2D eigenvalue weighted by Crippen LogP contribution is -2.13. The van der Waals surface area contributed by atoms with Crippen LogP contribution in [0.5, 0.6) is 5.75 Å². The number of rotatable bonds is 5. The van der Waals surface area contributed by atoms with Crippen LogP contribution in [0.15, 0.2) is 53.4 Å². The van der Waals surface area contributed by atoms with Gasteiger partial charge in [0, 0.05) is 17.1 Å². The van der Waals surface area contributed by atoms with Crippen LogP contribution in [0.1, 0.15) is 11.1 Å². The predicted molar refractivity (Wildman–Crippen MR) is 79.7 cm³/mol. The van der Waals surface area contributed by atoms with E-state index in [2.05, 4.69) is 0 Å². The van der Waals surface area contributed by atoms with Crippen LogP contribution in [-0.2, 0) is 6.42 Å². The Kier molecular flexibility index (Phi) is 4.88. The lowest BCUT2D eigenvalue weighted by Gasteiger charge is -2.12. The van der Waals surface area contributed by atoms with Crippen LogP contribution in [0.25, 0.3) is 0 Å². The molecule has 0 aliphatic carbocycles. The van der Waals surface area contributed by atoms with E-state index in [1.165, 1.54) is 0 Å². The fourth-order valence-corrected chi connectivity index (χ4v) is 2.75. The maximum Gasteiger partial charge on any atom is 0.118 e. The van der Waals surface area contributed by atoms with Crippen LogP contribution in [0.4, 0.5) is 0 Å². The van der Waals surface area contributed by atoms with Gasteiger partial charge in [0.2, 0.25) is 0 Å². The smallest absolute Gasteiger partial charge is 0.118 e. The fourth-order valence-electron chi connectivity index (χ4n) is 1.90. The van der Waals surface area contributed by atoms with Crippen LogP contribution in [0.2, 0.25) is 0 Å². The molecule has 0 saturated carbocycles. The molecule has 100 valence electrons. The summed E-state index contributed by atoms with van der Waals surface area (Å²) in [5.41, 5.74) is 1.90. The number of phenols is 1. The second kappa shape index (κ2) is 6.64. The normalized spacial score (nSPS) is 12.3. The second-order valence-electron chi connectivity index (χ2n) is 4.61. The monoisotopic (exact) mass is 274 g/mol. The van der Waals surface area contributed by atoms with Gasteiger partial charge in [-0.3, -0.25) is 0 Å². The molecular weight excluding hydrogens is 256 g/mol. The molecule has 1 unspecified atom stereocenters. The lowest BCUT2D eigenvalue weighted by atomic mass is 10.1. The number of thioether (sulfide) groups is 1. The van der Waals surface area contributed by atoms with E-state index in [0.29, 0.717) is 12.2 Å². The summed E-state index contributed by atoms with van der Waals surface area (Å²) in [6, 6.07) is 15.5. The minimum Gasteiger partial charge on any atom is -0.508 e. The first kappa shape index (κ1) is 14.0. The lowest BCUT2D eigenvalue weighted by molar-refractivity contribution is 0.199. The third-order valence-corrected chi connectivity index (χ3v) is 4.03. The van der Waals surface area contributed by atoms with Crippen molar-refractivity contribution in [2.75, 3.05) is 5.75 Å². The summed E-state index contributed by atoms with van der Waals surface area (Å²) in [6.45, 7) is 1.98. The van der Waals surface area contributed by atoms with E-state index in [1.807, 2.05) is 49.4 Å². The number of phenolic OH excluding ortho intramolecular Hbond substituents is 1. The Hall–Kier alpha value is -1.45. The van der Waals surface area contributed by atoms with Gasteiger partial charge >= 0.3 is 0 Å². The molecule has 0 saturated heterocycles. The van der Waals surface area contributed by atoms with E-state index in [4.69, 9.17) is 0 Å². The van der Waals surface area contributed by atoms with Crippen molar-refractivity contribution < 1.29 is 10.2 Å². The summed E-state index contributed by atoms with van der Waals surface area (Å²) >= 11 is 1.63. The van der Waals surface area contributed by atoms with Crippen LogP contribution in [0, 0.1) is 6.92 Å². The molecule has 2 nitrogen and oxygen atoms in total. The number of hydrogen-bond donors (Lipinski definition) is 2. The molecule has 0 bridgehead atoms. The number of aliphatic hydroxyl groups excluding tert-OH is 1. The molecule has 2 aromatic carbocycles. The van der Waals surface area contributed by atoms with Gasteiger partial charge in [-0.15, -0.1) is 11.8 Å². The van der Waals surface area contributed by atoms with Crippen LogP contribution >= 0.6 is 11.8 Å². The van der Waals surface area contributed by atoms with Crippen LogP contribution in [0.3, 0.4) is 0 Å². The zero-order valence-electron chi connectivity index (χ0n) is 10.9. The number of aromatic hydroxyl groups is 1. The van der Waals surface area contributed by atoms with Crippen molar-refractivity contribution in [3.63, 3.8) is 0 Å². The number of aliphatic hydroxyl groups is 1. The van der Waals surface area contributed by atoms with Crippen molar-refractivity contribution >= 4 is 11.8 Å². The molecule has 3 heteroatoms. The molecule has 19 heavy (non-hydrogen) atoms. The highest BCUT2D eigenvalue weighted by Gasteiger charge is 2.10. The van der Waals surface area contributed by atoms with E-state index >= 15 is 0 Å². The topological polar surface area (TPSA) is 40.5 Å². The quantitative estimate of drug-likeness (QED) is 0.821. The van der Waals surface area contributed by atoms with Crippen molar-refractivity contribution in [3.05, 3.63) is 59.7 Å². The summed E-state index contributed by atoms with van der Waals surface area (Å²) in [7, 11) is 0. The Morgan fingerprint density at radius 2 is 1.84 bits per heavy atom. The summed E-state index contributed by atoms with van der Waals surface area (Å²) in [6.07, 6.45) is 0.0192. The molecular formula is C16H18O2S. The molecule has 1 atom stereocenters. The SMILES string of the molecule is Cc1ccc(O)c(CC(O)CSc2ccccc2)c1. The predicted octanol–water partition coefficient (Wildman–Crippen LogP) is 3.40. The van der Waals surface area contributed by atoms with Crippen molar-refractivity contribution in [1.82, 2.24) is 0 Å². The van der Waals surface area contributed by atoms with Gasteiger partial charge in [0.05, 0.1) is 6.10 Å². The molecule has 0 aromatic heterocycles. The summed E-state index contributed by atoms with van der Waals surface area (Å²) in [5.74, 6) is 0.881. The van der Waals surface area contributed by atoms with Crippen molar-refractivity contribution in [2.45, 2.75) is 24.3 Å². The van der Waals surface area contributed by atoms with Gasteiger partial charge < -0.3 is 10.2 Å². The fraction of sp³-hybridized carbons (Fsp3) is 0.250. The Labute approximate surface area is 118 Å². The molecule has 2 N–H and O–H groups in total. The minimum absolute atomic E-state index is 0.259. The first-order chi connectivity index (χ1) is 9.15. The molecule has 0 aliphatic heterocycles. The molecule has 0 heterocycles. The van der Waals surface area contributed by atoms with Crippen LogP contribution < -0.4 is 0 Å². The van der Waals surface area contributed by atoms with Crippen molar-refractivity contribution in [1.29, 1.82) is 0 Å². The summed E-state index contributed by atoms with van der Waals surface area (Å²) in [5, 5.41) is 19.8. The molecule has 0 amide bonds. The Bertz CT molecular complexity index is 526. The maximum atomic E-state index is 10.0. The standard InChI is InChI=1S/C16H18O2S/c1-12-7-8-16(18)13(9-12)10-14(17)11-19-15-5-3-2-4-6-15/h2-9,14,17-18H,10-11H2,1H3. The molecule has 0 spiro atoms. The second-order valence-corrected chi connectivity index (χ2v) is 5.71. The van der Waals surface area contributed by atoms with Gasteiger partial charge in [0.15, 0.2) is 0 Å². The first-order valence-electron chi connectivity index (χ1n) is 6.29. The molecule has 2 aromatic rings. The van der Waals surface area contributed by atoms with Gasteiger partial charge in [-0.05, 0) is 30.7 Å². The molecule has 0 aliphatic rings. The van der Waals surface area contributed by atoms with E-state index in [9.17, 15) is 10.2 Å². The van der Waals surface area contributed by atoms with Crippen molar-refractivity contribution in [3.8, 4) is 5.75 Å². The van der Waals surface area contributed by atoms with E-state index in [-0.39, 0.29) is 5.75 Å². The molecule has 0 fully saturated rings. The highest BCUT2D eigenvalue weighted by molar-refractivity contribution is 7.99. The Morgan fingerprint density at radius 3 is 2.58 bits per heavy atom. The highest BCUT2D eigenvalue weighted by atomic mass is 32.2. The maximum absolute atomic E-state index is 10.0. The average Bonchev–Trinajstić information content (AvgIpc) is 2.42. The van der Waals surface area contributed by atoms with Gasteiger partial charge in [0.1, 0.15) is 5.75 Å². The van der Waals surface area contributed by atoms with Gasteiger partial charge in [-0.2, -0.15) is 0 Å². The van der Waals surface area contributed by atoms with E-state index in [1.54, 1.807) is 17.8 Å². The minimum atomic E-state index is -0.460. The van der Waals surface area contributed by atoms with Gasteiger partial charge in [-0.1, -0.05) is 35.9 Å². The van der Waals surface area contributed by atoms with Gasteiger partial charge in [0.25, 0.3) is 0 Å². The van der Waals surface area contributed by atoms with Gasteiger partial charge in [-0.25, -0.2) is 0 Å². The largest absolute Gasteiger partial charge is 0.508 e. The number of aryl methyl sites for hydroxylation is 1. The zero-order chi connectivity index (χ0) is 13.7. The Balaban J connectivity index is 1.90. The number of benzene rings is 2. The summed E-state index contributed by atoms with van der Waals surface area (Å²) < 4.78 is 0. The molecule has 0 radical (unpaired) electrons. The third-order valence-electron chi connectivity index (χ3n) is 2.88.